The highest BCUT2D eigenvalue weighted by atomic mass is 16.2. The van der Waals surface area contributed by atoms with Crippen LogP contribution >= 0.6 is 0 Å². The second kappa shape index (κ2) is 6.47. The van der Waals surface area contributed by atoms with Crippen molar-refractivity contribution in [2.75, 3.05) is 13.1 Å². The van der Waals surface area contributed by atoms with E-state index in [2.05, 4.69) is 29.2 Å². The molecule has 2 amide bonds. The molecule has 4 heteroatoms. The molecule has 1 unspecified atom stereocenters. The van der Waals surface area contributed by atoms with Gasteiger partial charge in [0.1, 0.15) is 0 Å². The second-order valence-corrected chi connectivity index (χ2v) is 7.85. The summed E-state index contributed by atoms with van der Waals surface area (Å²) < 4.78 is 0. The van der Waals surface area contributed by atoms with E-state index in [0.29, 0.717) is 12.3 Å². The molecule has 0 aromatic heterocycles. The Bertz CT molecular complexity index is 643. The van der Waals surface area contributed by atoms with Crippen LogP contribution < -0.4 is 0 Å². The van der Waals surface area contributed by atoms with E-state index in [9.17, 15) is 9.59 Å². The molecular weight excluding hydrogens is 312 g/mol. The van der Waals surface area contributed by atoms with Crippen molar-refractivity contribution in [3.63, 3.8) is 0 Å². The summed E-state index contributed by atoms with van der Waals surface area (Å²) >= 11 is 0. The van der Waals surface area contributed by atoms with Gasteiger partial charge in [-0.15, -0.1) is 0 Å². The Morgan fingerprint density at radius 3 is 2.36 bits per heavy atom. The molecule has 2 heterocycles. The first-order chi connectivity index (χ1) is 12.2. The van der Waals surface area contributed by atoms with Gasteiger partial charge in [0, 0.05) is 25.6 Å². The average molecular weight is 340 g/mol. The van der Waals surface area contributed by atoms with E-state index in [1.54, 1.807) is 0 Å². The number of β-lactam (4-membered cyclic amide) rings is 1. The third-order valence-corrected chi connectivity index (χ3v) is 6.59. The molecule has 0 N–H and O–H groups in total. The van der Waals surface area contributed by atoms with Crippen molar-refractivity contribution in [2.45, 2.75) is 64.0 Å². The molecular formula is C21H28N2O2. The zero-order valence-electron chi connectivity index (χ0n) is 15.1. The predicted molar refractivity (Wildman–Crippen MR) is 96.8 cm³/mol. The molecule has 1 aromatic rings. The lowest BCUT2D eigenvalue weighted by Gasteiger charge is -2.59. The van der Waals surface area contributed by atoms with E-state index in [1.165, 1.54) is 18.4 Å². The number of benzene rings is 1. The van der Waals surface area contributed by atoms with Crippen LogP contribution in [0.4, 0.5) is 0 Å². The summed E-state index contributed by atoms with van der Waals surface area (Å²) in [6.07, 6.45) is 6.82. The molecule has 134 valence electrons. The molecule has 0 radical (unpaired) electrons. The van der Waals surface area contributed by atoms with Crippen LogP contribution in [0.25, 0.3) is 0 Å². The molecule has 2 aliphatic heterocycles. The van der Waals surface area contributed by atoms with Crippen LogP contribution in [0.2, 0.25) is 0 Å². The monoisotopic (exact) mass is 340 g/mol. The van der Waals surface area contributed by atoms with Crippen LogP contribution in [-0.4, -0.2) is 40.7 Å². The van der Waals surface area contributed by atoms with Crippen LogP contribution in [0.5, 0.6) is 0 Å². The minimum Gasteiger partial charge on any atom is -0.343 e. The molecule has 4 rings (SSSR count). The first-order valence-electron chi connectivity index (χ1n) is 9.83. The van der Waals surface area contributed by atoms with Crippen molar-refractivity contribution in [1.29, 1.82) is 0 Å². The fourth-order valence-electron chi connectivity index (χ4n) is 5.29. The van der Waals surface area contributed by atoms with Crippen LogP contribution in [0.15, 0.2) is 30.3 Å². The number of carbonyl (C=O) groups is 2. The summed E-state index contributed by atoms with van der Waals surface area (Å²) in [6.45, 7) is 3.49. The zero-order chi connectivity index (χ0) is 17.4. The summed E-state index contributed by atoms with van der Waals surface area (Å²) in [5.74, 6) is 0.611. The Kier molecular flexibility index (Phi) is 4.30. The SMILES string of the molecule is CCC(=O)N1CCC(N2C(=O)C3(CCCC3)C2c2ccccc2)CC1. The first kappa shape index (κ1) is 16.6. The fraction of sp³-hybridized carbons (Fsp3) is 0.619. The summed E-state index contributed by atoms with van der Waals surface area (Å²) in [6, 6.07) is 11.1. The highest BCUT2D eigenvalue weighted by Gasteiger charge is 2.63. The fourth-order valence-corrected chi connectivity index (χ4v) is 5.29. The molecule has 1 spiro atoms. The van der Waals surface area contributed by atoms with Crippen LogP contribution in [-0.2, 0) is 9.59 Å². The average Bonchev–Trinajstić information content (AvgIpc) is 3.18. The zero-order valence-corrected chi connectivity index (χ0v) is 15.1. The molecule has 0 bridgehead atoms. The van der Waals surface area contributed by atoms with Crippen molar-refractivity contribution >= 4 is 11.8 Å². The van der Waals surface area contributed by atoms with Crippen molar-refractivity contribution < 1.29 is 9.59 Å². The molecule has 1 aliphatic carbocycles. The summed E-state index contributed by atoms with van der Waals surface area (Å²) in [4.78, 5) is 29.2. The van der Waals surface area contributed by atoms with Gasteiger partial charge in [0.2, 0.25) is 11.8 Å². The van der Waals surface area contributed by atoms with E-state index >= 15 is 0 Å². The number of hydrogen-bond acceptors (Lipinski definition) is 2. The molecule has 3 fully saturated rings. The van der Waals surface area contributed by atoms with E-state index in [1.807, 2.05) is 17.9 Å². The smallest absolute Gasteiger partial charge is 0.232 e. The number of rotatable bonds is 3. The van der Waals surface area contributed by atoms with Crippen LogP contribution in [0.3, 0.4) is 0 Å². The third kappa shape index (κ3) is 2.57. The molecule has 1 saturated carbocycles. The third-order valence-electron chi connectivity index (χ3n) is 6.59. The Morgan fingerprint density at radius 2 is 1.76 bits per heavy atom. The largest absolute Gasteiger partial charge is 0.343 e. The van der Waals surface area contributed by atoms with E-state index < -0.39 is 0 Å². The lowest BCUT2D eigenvalue weighted by Crippen LogP contribution is -2.66. The summed E-state index contributed by atoms with van der Waals surface area (Å²) in [5, 5.41) is 0. The number of nitrogens with zero attached hydrogens (tertiary/aromatic N) is 2. The Labute approximate surface area is 150 Å². The van der Waals surface area contributed by atoms with Crippen LogP contribution in [0.1, 0.15) is 63.5 Å². The van der Waals surface area contributed by atoms with Crippen molar-refractivity contribution in [3.05, 3.63) is 35.9 Å². The maximum atomic E-state index is 13.2. The van der Waals surface area contributed by atoms with Crippen molar-refractivity contribution in [1.82, 2.24) is 9.80 Å². The van der Waals surface area contributed by atoms with Gasteiger partial charge >= 0.3 is 0 Å². The van der Waals surface area contributed by atoms with E-state index in [0.717, 1.165) is 38.8 Å². The topological polar surface area (TPSA) is 40.6 Å². The molecule has 25 heavy (non-hydrogen) atoms. The first-order valence-corrected chi connectivity index (χ1v) is 9.83. The maximum absolute atomic E-state index is 13.2. The minimum absolute atomic E-state index is 0.141. The Balaban J connectivity index is 1.55. The van der Waals surface area contributed by atoms with Crippen LogP contribution in [0, 0.1) is 5.41 Å². The number of piperidine rings is 1. The lowest BCUT2D eigenvalue weighted by atomic mass is 9.65. The molecule has 1 aromatic carbocycles. The van der Waals surface area contributed by atoms with Gasteiger partial charge in [-0.1, -0.05) is 50.1 Å². The van der Waals surface area contributed by atoms with Gasteiger partial charge in [0.05, 0.1) is 11.5 Å². The molecule has 1 atom stereocenters. The van der Waals surface area contributed by atoms with Gasteiger partial charge in [-0.25, -0.2) is 0 Å². The Morgan fingerprint density at radius 1 is 1.12 bits per heavy atom. The highest BCUT2D eigenvalue weighted by molar-refractivity contribution is 5.91. The second-order valence-electron chi connectivity index (χ2n) is 7.85. The lowest BCUT2D eigenvalue weighted by molar-refractivity contribution is -0.181. The Hall–Kier alpha value is -1.84. The van der Waals surface area contributed by atoms with Crippen molar-refractivity contribution in [3.8, 4) is 0 Å². The van der Waals surface area contributed by atoms with Gasteiger partial charge in [0.15, 0.2) is 0 Å². The predicted octanol–water partition coefficient (Wildman–Crippen LogP) is 3.53. The van der Waals surface area contributed by atoms with Gasteiger partial charge < -0.3 is 9.80 Å². The normalized spacial score (nSPS) is 26.1. The molecule has 4 nitrogen and oxygen atoms in total. The maximum Gasteiger partial charge on any atom is 0.232 e. The number of hydrogen-bond donors (Lipinski definition) is 0. The standard InChI is InChI=1S/C21H28N2O2/c1-2-18(24)22-14-10-17(11-15-22)23-19(16-8-4-3-5-9-16)21(20(23)25)12-6-7-13-21/h3-5,8-9,17,19H,2,6-7,10-15H2,1H3. The van der Waals surface area contributed by atoms with Gasteiger partial charge in [-0.3, -0.25) is 9.59 Å². The van der Waals surface area contributed by atoms with Crippen molar-refractivity contribution in [2.24, 2.45) is 5.41 Å². The highest BCUT2D eigenvalue weighted by Crippen LogP contribution is 2.60. The number of carbonyl (C=O) groups excluding carboxylic acids is 2. The van der Waals surface area contributed by atoms with E-state index in [4.69, 9.17) is 0 Å². The minimum atomic E-state index is -0.141. The van der Waals surface area contributed by atoms with Gasteiger partial charge in [-0.05, 0) is 31.2 Å². The van der Waals surface area contributed by atoms with Gasteiger partial charge in [0.25, 0.3) is 0 Å². The molecule has 2 saturated heterocycles. The summed E-state index contributed by atoms with van der Waals surface area (Å²) in [7, 11) is 0. The number of amides is 2. The van der Waals surface area contributed by atoms with Gasteiger partial charge in [-0.2, -0.15) is 0 Å². The quantitative estimate of drug-likeness (QED) is 0.790. The number of likely N-dealkylation sites (tertiary alicyclic amines) is 2. The molecule has 3 aliphatic rings. The van der Waals surface area contributed by atoms with E-state index in [-0.39, 0.29) is 23.4 Å². The summed E-state index contributed by atoms with van der Waals surface area (Å²) in [5.41, 5.74) is 1.15.